The van der Waals surface area contributed by atoms with E-state index >= 15 is 0 Å². The SMILES string of the molecule is O=C(Cc1c(F)c(F)c(F)c(F)c1F)N[C@@H](c1ccccc1)C1CC1. The smallest absolute Gasteiger partial charge is 0.225 e. The highest BCUT2D eigenvalue weighted by Crippen LogP contribution is 2.41. The molecule has 0 saturated heterocycles. The lowest BCUT2D eigenvalue weighted by atomic mass is 10.0. The lowest BCUT2D eigenvalue weighted by Gasteiger charge is -2.19. The molecule has 7 heteroatoms. The second-order valence-electron chi connectivity index (χ2n) is 6.02. The first-order valence-corrected chi connectivity index (χ1v) is 7.74. The Morgan fingerprint density at radius 1 is 0.920 bits per heavy atom. The predicted molar refractivity (Wildman–Crippen MR) is 80.0 cm³/mol. The normalized spacial score (nSPS) is 15.1. The third kappa shape index (κ3) is 3.50. The average Bonchev–Trinajstić information content (AvgIpc) is 3.45. The van der Waals surface area contributed by atoms with E-state index in [0.29, 0.717) is 0 Å². The van der Waals surface area contributed by atoms with Gasteiger partial charge < -0.3 is 5.32 Å². The minimum atomic E-state index is -2.24. The lowest BCUT2D eigenvalue weighted by Crippen LogP contribution is -2.31. The molecule has 0 aromatic heterocycles. The van der Waals surface area contributed by atoms with Gasteiger partial charge in [0.25, 0.3) is 0 Å². The first-order valence-electron chi connectivity index (χ1n) is 7.74. The first kappa shape index (κ1) is 17.4. The fourth-order valence-electron chi connectivity index (χ4n) is 2.75. The van der Waals surface area contributed by atoms with Crippen LogP contribution >= 0.6 is 0 Å². The Hall–Kier alpha value is -2.44. The average molecular weight is 355 g/mol. The van der Waals surface area contributed by atoms with Gasteiger partial charge in [0.1, 0.15) is 0 Å². The highest BCUT2D eigenvalue weighted by molar-refractivity contribution is 5.79. The molecule has 1 atom stereocenters. The number of carbonyl (C=O) groups is 1. The summed E-state index contributed by atoms with van der Waals surface area (Å²) < 4.78 is 66.9. The molecule has 1 aliphatic rings. The van der Waals surface area contributed by atoms with E-state index in [9.17, 15) is 26.7 Å². The quantitative estimate of drug-likeness (QED) is 0.486. The predicted octanol–water partition coefficient (Wildman–Crippen LogP) is 4.19. The first-order chi connectivity index (χ1) is 11.9. The minimum absolute atomic E-state index is 0.197. The largest absolute Gasteiger partial charge is 0.349 e. The maximum Gasteiger partial charge on any atom is 0.225 e. The van der Waals surface area contributed by atoms with Crippen molar-refractivity contribution >= 4 is 5.91 Å². The van der Waals surface area contributed by atoms with E-state index in [2.05, 4.69) is 5.32 Å². The Kier molecular flexibility index (Phi) is 4.74. The molecule has 0 bridgehead atoms. The van der Waals surface area contributed by atoms with E-state index in [-0.39, 0.29) is 12.0 Å². The number of benzene rings is 2. The molecule has 1 saturated carbocycles. The van der Waals surface area contributed by atoms with E-state index in [0.717, 1.165) is 18.4 Å². The Morgan fingerprint density at radius 2 is 1.44 bits per heavy atom. The zero-order valence-corrected chi connectivity index (χ0v) is 13.0. The van der Waals surface area contributed by atoms with Crippen LogP contribution in [0.15, 0.2) is 30.3 Å². The van der Waals surface area contributed by atoms with Gasteiger partial charge in [-0.05, 0) is 24.3 Å². The van der Waals surface area contributed by atoms with Crippen molar-refractivity contribution in [3.05, 3.63) is 70.5 Å². The number of halogens is 5. The van der Waals surface area contributed by atoms with Crippen molar-refractivity contribution in [2.24, 2.45) is 5.92 Å². The molecule has 3 rings (SSSR count). The van der Waals surface area contributed by atoms with Gasteiger partial charge in [-0.15, -0.1) is 0 Å². The molecule has 0 aliphatic heterocycles. The number of carbonyl (C=O) groups excluding carboxylic acids is 1. The standard InChI is InChI=1S/C18H14F5NO/c19-13-11(14(20)16(22)17(23)15(13)21)8-12(25)24-18(10-6-7-10)9-4-2-1-3-5-9/h1-5,10,18H,6-8H2,(H,24,25)/t18-/m0/s1. The topological polar surface area (TPSA) is 29.1 Å². The van der Waals surface area contributed by atoms with Crippen molar-refractivity contribution in [3.63, 3.8) is 0 Å². The zero-order valence-electron chi connectivity index (χ0n) is 13.0. The summed E-state index contributed by atoms with van der Waals surface area (Å²) in [6.07, 6.45) is 0.854. The van der Waals surface area contributed by atoms with Gasteiger partial charge in [0.15, 0.2) is 23.3 Å². The van der Waals surface area contributed by atoms with Gasteiger partial charge in [0.05, 0.1) is 12.5 Å². The molecule has 2 aromatic carbocycles. The molecular formula is C18H14F5NO. The summed E-state index contributed by atoms with van der Waals surface area (Å²) in [4.78, 5) is 12.2. The Morgan fingerprint density at radius 3 is 1.96 bits per heavy atom. The number of amides is 1. The summed E-state index contributed by atoms with van der Waals surface area (Å²) in [7, 11) is 0. The number of nitrogens with one attached hydrogen (secondary N) is 1. The molecule has 25 heavy (non-hydrogen) atoms. The second kappa shape index (κ2) is 6.82. The van der Waals surface area contributed by atoms with Crippen LogP contribution in [0, 0.1) is 35.0 Å². The van der Waals surface area contributed by atoms with Crippen LogP contribution < -0.4 is 5.32 Å². The third-order valence-electron chi connectivity index (χ3n) is 4.21. The van der Waals surface area contributed by atoms with E-state index < -0.39 is 47.0 Å². The molecule has 1 fully saturated rings. The van der Waals surface area contributed by atoms with Crippen LogP contribution in [0.5, 0.6) is 0 Å². The van der Waals surface area contributed by atoms with Crippen molar-refractivity contribution in [1.82, 2.24) is 5.32 Å². The van der Waals surface area contributed by atoms with Crippen LogP contribution in [0.1, 0.15) is 30.0 Å². The van der Waals surface area contributed by atoms with Gasteiger partial charge in [-0.1, -0.05) is 30.3 Å². The minimum Gasteiger partial charge on any atom is -0.349 e. The fourth-order valence-corrected chi connectivity index (χ4v) is 2.75. The van der Waals surface area contributed by atoms with E-state index in [1.165, 1.54) is 0 Å². The van der Waals surface area contributed by atoms with Crippen molar-refractivity contribution < 1.29 is 26.7 Å². The van der Waals surface area contributed by atoms with Gasteiger partial charge in [0.2, 0.25) is 11.7 Å². The van der Waals surface area contributed by atoms with Crippen LogP contribution in [0.4, 0.5) is 22.0 Å². The highest BCUT2D eigenvalue weighted by atomic mass is 19.2. The van der Waals surface area contributed by atoms with Gasteiger partial charge in [-0.25, -0.2) is 22.0 Å². The van der Waals surface area contributed by atoms with Gasteiger partial charge >= 0.3 is 0 Å². The van der Waals surface area contributed by atoms with Crippen molar-refractivity contribution in [3.8, 4) is 0 Å². The van der Waals surface area contributed by atoms with Crippen LogP contribution in [0.25, 0.3) is 0 Å². The molecule has 1 N–H and O–H groups in total. The molecule has 2 aromatic rings. The van der Waals surface area contributed by atoms with Crippen LogP contribution in [0.2, 0.25) is 0 Å². The van der Waals surface area contributed by atoms with Gasteiger partial charge in [-0.2, -0.15) is 0 Å². The molecule has 1 aliphatic carbocycles. The van der Waals surface area contributed by atoms with Gasteiger partial charge in [0, 0.05) is 5.56 Å². The Labute approximate surface area is 140 Å². The molecule has 132 valence electrons. The van der Waals surface area contributed by atoms with Crippen LogP contribution in [-0.4, -0.2) is 5.91 Å². The summed E-state index contributed by atoms with van der Waals surface area (Å²) in [5, 5.41) is 2.64. The maximum absolute atomic E-state index is 13.7. The molecule has 0 heterocycles. The maximum atomic E-state index is 13.7. The monoisotopic (exact) mass is 355 g/mol. The fraction of sp³-hybridized carbons (Fsp3) is 0.278. The molecule has 0 radical (unpaired) electrons. The van der Waals surface area contributed by atoms with Crippen molar-refractivity contribution in [1.29, 1.82) is 0 Å². The van der Waals surface area contributed by atoms with E-state index in [4.69, 9.17) is 0 Å². The summed E-state index contributed by atoms with van der Waals surface area (Å²) in [5.74, 6) is -10.9. The molecule has 0 spiro atoms. The van der Waals surface area contributed by atoms with Crippen LogP contribution in [0.3, 0.4) is 0 Å². The summed E-state index contributed by atoms with van der Waals surface area (Å²) in [5.41, 5.74) is -0.299. The summed E-state index contributed by atoms with van der Waals surface area (Å²) in [6, 6.07) is 8.66. The number of rotatable bonds is 5. The van der Waals surface area contributed by atoms with E-state index in [1.807, 2.05) is 18.2 Å². The zero-order chi connectivity index (χ0) is 18.1. The molecular weight excluding hydrogens is 341 g/mol. The molecule has 0 unspecified atom stereocenters. The highest BCUT2D eigenvalue weighted by Gasteiger charge is 2.34. The molecule has 2 nitrogen and oxygen atoms in total. The summed E-state index contributed by atoms with van der Waals surface area (Å²) >= 11 is 0. The summed E-state index contributed by atoms with van der Waals surface area (Å²) in [6.45, 7) is 0. The third-order valence-corrected chi connectivity index (χ3v) is 4.21. The van der Waals surface area contributed by atoms with Gasteiger partial charge in [-0.3, -0.25) is 4.79 Å². The lowest BCUT2D eigenvalue weighted by molar-refractivity contribution is -0.121. The van der Waals surface area contributed by atoms with E-state index in [1.54, 1.807) is 12.1 Å². The Balaban J connectivity index is 1.81. The Bertz CT molecular complexity index is 776. The number of hydrogen-bond acceptors (Lipinski definition) is 1. The van der Waals surface area contributed by atoms with Crippen LogP contribution in [-0.2, 0) is 11.2 Å². The molecule has 1 amide bonds. The van der Waals surface area contributed by atoms with Crippen molar-refractivity contribution in [2.45, 2.75) is 25.3 Å². The number of hydrogen-bond donors (Lipinski definition) is 1. The van der Waals surface area contributed by atoms with Crippen molar-refractivity contribution in [2.75, 3.05) is 0 Å². The second-order valence-corrected chi connectivity index (χ2v) is 6.02.